The van der Waals surface area contributed by atoms with Crippen molar-refractivity contribution in [1.29, 1.82) is 0 Å². The molecule has 0 saturated carbocycles. The second kappa shape index (κ2) is 16.7. The first-order valence-electron chi connectivity index (χ1n) is 21.7. The monoisotopic (exact) mass is 801 g/mol. The third-order valence-electron chi connectivity index (χ3n) is 12.3. The summed E-state index contributed by atoms with van der Waals surface area (Å²) in [6, 6.07) is 94.5. The number of anilines is 3. The highest BCUT2D eigenvalue weighted by Crippen LogP contribution is 2.44. The molecule has 11 aromatic carbocycles. The van der Waals surface area contributed by atoms with E-state index in [1.165, 1.54) is 88.3 Å². The predicted molar refractivity (Wildman–Crippen MR) is 269 cm³/mol. The van der Waals surface area contributed by atoms with Crippen molar-refractivity contribution in [3.05, 3.63) is 261 Å². The maximum atomic E-state index is 2.36. The molecule has 0 aliphatic carbocycles. The standard InChI is InChI=1S/C62H43N/c1-5-15-44(16-6-1)54-42-60(48-17-7-2-8-18-48)62(61(43-54)49-19-9-3-10-20-49)51-28-25-45(26-29-51)46-31-36-56(37-32-46)63(55-22-11-4-12-23-55)57-38-33-47(34-39-57)52-35-40-59-53(41-52)30-27-50-21-13-14-24-58(50)59/h1-43H. The highest BCUT2D eigenvalue weighted by atomic mass is 15.1. The van der Waals surface area contributed by atoms with Gasteiger partial charge >= 0.3 is 0 Å². The lowest BCUT2D eigenvalue weighted by atomic mass is 9.84. The minimum Gasteiger partial charge on any atom is -0.311 e. The van der Waals surface area contributed by atoms with Gasteiger partial charge in [0.2, 0.25) is 0 Å². The maximum absolute atomic E-state index is 2.36. The highest BCUT2D eigenvalue weighted by molar-refractivity contribution is 6.08. The Hall–Kier alpha value is -8.26. The van der Waals surface area contributed by atoms with Crippen LogP contribution < -0.4 is 4.90 Å². The van der Waals surface area contributed by atoms with Crippen molar-refractivity contribution in [1.82, 2.24) is 0 Å². The zero-order chi connectivity index (χ0) is 42.0. The van der Waals surface area contributed by atoms with E-state index in [1.807, 2.05) is 0 Å². The molecule has 1 heteroatoms. The van der Waals surface area contributed by atoms with Gasteiger partial charge < -0.3 is 4.90 Å². The first kappa shape index (κ1) is 37.7. The normalized spacial score (nSPS) is 11.2. The van der Waals surface area contributed by atoms with E-state index < -0.39 is 0 Å². The second-order valence-electron chi connectivity index (χ2n) is 16.1. The first-order valence-corrected chi connectivity index (χ1v) is 21.7. The molecule has 63 heavy (non-hydrogen) atoms. The number of benzene rings is 11. The van der Waals surface area contributed by atoms with E-state index in [4.69, 9.17) is 0 Å². The number of hydrogen-bond acceptors (Lipinski definition) is 1. The van der Waals surface area contributed by atoms with Gasteiger partial charge in [-0.3, -0.25) is 0 Å². The van der Waals surface area contributed by atoms with Crippen molar-refractivity contribution in [2.75, 3.05) is 4.90 Å². The molecule has 0 aliphatic heterocycles. The Morgan fingerprint density at radius 3 is 1.16 bits per heavy atom. The second-order valence-corrected chi connectivity index (χ2v) is 16.1. The molecular weight excluding hydrogens is 759 g/mol. The number of fused-ring (bicyclic) bond motifs is 3. The average Bonchev–Trinajstić information content (AvgIpc) is 3.37. The molecule has 0 bridgehead atoms. The molecule has 11 aromatic rings. The van der Waals surface area contributed by atoms with Crippen LogP contribution in [-0.4, -0.2) is 0 Å². The van der Waals surface area contributed by atoms with Crippen molar-refractivity contribution < 1.29 is 0 Å². The lowest BCUT2D eigenvalue weighted by Crippen LogP contribution is -2.09. The van der Waals surface area contributed by atoms with Gasteiger partial charge in [0, 0.05) is 17.1 Å². The highest BCUT2D eigenvalue weighted by Gasteiger charge is 2.18. The molecule has 0 N–H and O–H groups in total. The summed E-state index contributed by atoms with van der Waals surface area (Å²) in [4.78, 5) is 2.33. The van der Waals surface area contributed by atoms with E-state index in [2.05, 4.69) is 266 Å². The van der Waals surface area contributed by atoms with E-state index in [-0.39, 0.29) is 0 Å². The topological polar surface area (TPSA) is 3.24 Å². The quantitative estimate of drug-likeness (QED) is 0.131. The van der Waals surface area contributed by atoms with Gasteiger partial charge in [-0.1, -0.05) is 206 Å². The van der Waals surface area contributed by atoms with Crippen LogP contribution in [0.1, 0.15) is 0 Å². The lowest BCUT2D eigenvalue weighted by Gasteiger charge is -2.26. The molecule has 0 aromatic heterocycles. The number of hydrogen-bond donors (Lipinski definition) is 0. The van der Waals surface area contributed by atoms with Gasteiger partial charge in [-0.2, -0.15) is 0 Å². The van der Waals surface area contributed by atoms with Crippen LogP contribution in [0.2, 0.25) is 0 Å². The molecule has 0 fully saturated rings. The lowest BCUT2D eigenvalue weighted by molar-refractivity contribution is 1.28. The summed E-state index contributed by atoms with van der Waals surface area (Å²) in [5, 5.41) is 5.09. The molecule has 296 valence electrons. The Kier molecular flexibility index (Phi) is 9.97. The Balaban J connectivity index is 0.925. The SMILES string of the molecule is c1ccc(-c2cc(-c3ccccc3)c(-c3ccc(-c4ccc(N(c5ccccc5)c5ccc(-c6ccc7c(ccc8ccccc87)c6)cc5)cc4)cc3)c(-c3ccccc3)c2)cc1. The van der Waals surface area contributed by atoms with Crippen LogP contribution >= 0.6 is 0 Å². The minimum absolute atomic E-state index is 1.10. The molecule has 0 aliphatic rings. The molecular formula is C62H43N. The van der Waals surface area contributed by atoms with Crippen LogP contribution in [-0.2, 0) is 0 Å². The molecule has 11 rings (SSSR count). The largest absolute Gasteiger partial charge is 0.311 e. The summed E-state index contributed by atoms with van der Waals surface area (Å²) in [5.74, 6) is 0. The van der Waals surface area contributed by atoms with Gasteiger partial charge in [0.1, 0.15) is 0 Å². The Morgan fingerprint density at radius 1 is 0.206 bits per heavy atom. The summed E-state index contributed by atoms with van der Waals surface area (Å²) in [6.07, 6.45) is 0. The third kappa shape index (κ3) is 7.47. The molecule has 1 nitrogen and oxygen atoms in total. The maximum Gasteiger partial charge on any atom is 0.0462 e. The zero-order valence-corrected chi connectivity index (χ0v) is 34.8. The minimum atomic E-state index is 1.10. The van der Waals surface area contributed by atoms with Crippen molar-refractivity contribution >= 4 is 38.6 Å². The Labute approximate surface area is 369 Å². The smallest absolute Gasteiger partial charge is 0.0462 e. The molecule has 0 heterocycles. The molecule has 0 unspecified atom stereocenters. The van der Waals surface area contributed by atoms with E-state index in [0.717, 1.165) is 17.1 Å². The van der Waals surface area contributed by atoms with Crippen LogP contribution in [0, 0.1) is 0 Å². The summed E-state index contributed by atoms with van der Waals surface area (Å²) < 4.78 is 0. The molecule has 0 saturated heterocycles. The van der Waals surface area contributed by atoms with Crippen LogP contribution in [0.4, 0.5) is 17.1 Å². The van der Waals surface area contributed by atoms with E-state index in [9.17, 15) is 0 Å². The predicted octanol–water partition coefficient (Wildman–Crippen LogP) is 17.5. The molecule has 0 atom stereocenters. The summed E-state index contributed by atoms with van der Waals surface area (Å²) in [6.45, 7) is 0. The van der Waals surface area contributed by atoms with Crippen LogP contribution in [0.25, 0.3) is 88.3 Å². The summed E-state index contributed by atoms with van der Waals surface area (Å²) in [5.41, 5.74) is 17.7. The van der Waals surface area contributed by atoms with E-state index >= 15 is 0 Å². The van der Waals surface area contributed by atoms with E-state index in [1.54, 1.807) is 0 Å². The zero-order valence-electron chi connectivity index (χ0n) is 34.8. The van der Waals surface area contributed by atoms with Gasteiger partial charge in [-0.15, -0.1) is 0 Å². The first-order chi connectivity index (χ1) is 31.2. The fourth-order valence-corrected chi connectivity index (χ4v) is 9.09. The third-order valence-corrected chi connectivity index (χ3v) is 12.3. The van der Waals surface area contributed by atoms with Gasteiger partial charge in [0.25, 0.3) is 0 Å². The number of rotatable bonds is 9. The van der Waals surface area contributed by atoms with Crippen molar-refractivity contribution in [3.63, 3.8) is 0 Å². The van der Waals surface area contributed by atoms with Crippen molar-refractivity contribution in [3.8, 4) is 66.8 Å². The van der Waals surface area contributed by atoms with Gasteiger partial charge in [-0.25, -0.2) is 0 Å². The average molecular weight is 802 g/mol. The van der Waals surface area contributed by atoms with Crippen LogP contribution in [0.15, 0.2) is 261 Å². The van der Waals surface area contributed by atoms with Gasteiger partial charge in [0.15, 0.2) is 0 Å². The van der Waals surface area contributed by atoms with Gasteiger partial charge in [0.05, 0.1) is 0 Å². The van der Waals surface area contributed by atoms with E-state index in [0.29, 0.717) is 0 Å². The Morgan fingerprint density at radius 2 is 0.587 bits per heavy atom. The van der Waals surface area contributed by atoms with Crippen LogP contribution in [0.3, 0.4) is 0 Å². The fourth-order valence-electron chi connectivity index (χ4n) is 9.09. The Bertz CT molecular complexity index is 3260. The summed E-state index contributed by atoms with van der Waals surface area (Å²) in [7, 11) is 0. The van der Waals surface area contributed by atoms with Crippen molar-refractivity contribution in [2.24, 2.45) is 0 Å². The molecule has 0 amide bonds. The van der Waals surface area contributed by atoms with Crippen LogP contribution in [0.5, 0.6) is 0 Å². The summed E-state index contributed by atoms with van der Waals surface area (Å²) >= 11 is 0. The molecule has 0 radical (unpaired) electrons. The fraction of sp³-hybridized carbons (Fsp3) is 0. The van der Waals surface area contributed by atoms with Crippen molar-refractivity contribution in [2.45, 2.75) is 0 Å². The number of para-hydroxylation sites is 1. The number of nitrogens with zero attached hydrogens (tertiary/aromatic N) is 1. The van der Waals surface area contributed by atoms with Gasteiger partial charge in [-0.05, 0) is 143 Å². The molecule has 0 spiro atoms.